The van der Waals surface area contributed by atoms with E-state index >= 15 is 0 Å². The van der Waals surface area contributed by atoms with E-state index in [9.17, 15) is 0 Å². The molecule has 0 aliphatic heterocycles. The molecule has 0 unspecified atom stereocenters. The van der Waals surface area contributed by atoms with Gasteiger partial charge in [0.2, 0.25) is 0 Å². The summed E-state index contributed by atoms with van der Waals surface area (Å²) in [5.74, 6) is 0. The third-order valence-corrected chi connectivity index (χ3v) is 3.63. The first-order chi connectivity index (χ1) is 6.24. The van der Waals surface area contributed by atoms with Gasteiger partial charge in [-0.3, -0.25) is 0 Å². The van der Waals surface area contributed by atoms with Crippen LogP contribution >= 0.6 is 22.9 Å². The van der Waals surface area contributed by atoms with E-state index in [-0.39, 0.29) is 0 Å². The number of nitrogen functional groups attached to an aromatic ring is 1. The first-order valence-electron chi connectivity index (χ1n) is 4.18. The molecular formula is C10H10ClNS. The molecule has 0 radical (unpaired) electrons. The highest BCUT2D eigenvalue weighted by molar-refractivity contribution is 7.18. The van der Waals surface area contributed by atoms with Gasteiger partial charge in [-0.1, -0.05) is 24.6 Å². The second-order valence-corrected chi connectivity index (χ2v) is 4.24. The van der Waals surface area contributed by atoms with Crippen LogP contribution in [-0.4, -0.2) is 0 Å². The topological polar surface area (TPSA) is 26.0 Å². The molecule has 0 spiro atoms. The van der Waals surface area contributed by atoms with Crippen molar-refractivity contribution in [3.63, 3.8) is 0 Å². The first-order valence-corrected chi connectivity index (χ1v) is 5.44. The number of halogens is 1. The monoisotopic (exact) mass is 211 g/mol. The Morgan fingerprint density at radius 2 is 2.23 bits per heavy atom. The SMILES string of the molecule is CCc1ccc(N)c2scc(Cl)c12. The fraction of sp³-hybridized carbons (Fsp3) is 0.200. The Morgan fingerprint density at radius 1 is 1.46 bits per heavy atom. The van der Waals surface area contributed by atoms with Crippen LogP contribution < -0.4 is 5.73 Å². The van der Waals surface area contributed by atoms with E-state index in [1.807, 2.05) is 11.4 Å². The number of anilines is 1. The molecule has 0 aliphatic rings. The number of hydrogen-bond acceptors (Lipinski definition) is 2. The van der Waals surface area contributed by atoms with Crippen molar-refractivity contribution in [2.45, 2.75) is 13.3 Å². The Bertz CT molecular complexity index is 447. The van der Waals surface area contributed by atoms with Crippen molar-refractivity contribution in [3.8, 4) is 0 Å². The van der Waals surface area contributed by atoms with E-state index in [0.717, 1.165) is 27.2 Å². The molecule has 0 fully saturated rings. The van der Waals surface area contributed by atoms with Crippen LogP contribution in [0.2, 0.25) is 5.02 Å². The van der Waals surface area contributed by atoms with Gasteiger partial charge in [-0.15, -0.1) is 11.3 Å². The van der Waals surface area contributed by atoms with Crippen molar-refractivity contribution in [1.29, 1.82) is 0 Å². The molecule has 3 heteroatoms. The van der Waals surface area contributed by atoms with Crippen molar-refractivity contribution in [1.82, 2.24) is 0 Å². The Morgan fingerprint density at radius 3 is 2.92 bits per heavy atom. The van der Waals surface area contributed by atoms with Crippen LogP contribution in [0.15, 0.2) is 17.5 Å². The maximum Gasteiger partial charge on any atom is 0.0595 e. The Labute approximate surface area is 86.1 Å². The summed E-state index contributed by atoms with van der Waals surface area (Å²) < 4.78 is 1.12. The largest absolute Gasteiger partial charge is 0.398 e. The zero-order chi connectivity index (χ0) is 9.42. The lowest BCUT2D eigenvalue weighted by atomic mass is 10.1. The molecule has 2 N–H and O–H groups in total. The molecule has 1 aromatic heterocycles. The van der Waals surface area contributed by atoms with Crippen LogP contribution in [-0.2, 0) is 6.42 Å². The summed E-state index contributed by atoms with van der Waals surface area (Å²) in [6.45, 7) is 2.12. The zero-order valence-electron chi connectivity index (χ0n) is 7.30. The number of fused-ring (bicyclic) bond motifs is 1. The van der Waals surface area contributed by atoms with Crippen molar-refractivity contribution >= 4 is 38.7 Å². The third kappa shape index (κ3) is 1.30. The van der Waals surface area contributed by atoms with Crippen LogP contribution in [0.4, 0.5) is 5.69 Å². The maximum absolute atomic E-state index is 6.08. The minimum absolute atomic E-state index is 0.823. The number of rotatable bonds is 1. The van der Waals surface area contributed by atoms with Gasteiger partial charge in [0.1, 0.15) is 0 Å². The van der Waals surface area contributed by atoms with Gasteiger partial charge in [-0.2, -0.15) is 0 Å². The number of nitrogens with two attached hydrogens (primary N) is 1. The predicted molar refractivity (Wildman–Crippen MR) is 60.6 cm³/mol. The molecular weight excluding hydrogens is 202 g/mol. The maximum atomic E-state index is 6.08. The minimum Gasteiger partial charge on any atom is -0.398 e. The molecule has 0 saturated heterocycles. The van der Waals surface area contributed by atoms with E-state index in [1.165, 1.54) is 5.56 Å². The number of thiophene rings is 1. The Balaban J connectivity index is 2.88. The highest BCUT2D eigenvalue weighted by atomic mass is 35.5. The highest BCUT2D eigenvalue weighted by Gasteiger charge is 2.08. The van der Waals surface area contributed by atoms with E-state index in [2.05, 4.69) is 13.0 Å². The fourth-order valence-corrected chi connectivity index (χ4v) is 2.80. The molecule has 0 amide bonds. The summed E-state index contributed by atoms with van der Waals surface area (Å²) in [7, 11) is 0. The zero-order valence-corrected chi connectivity index (χ0v) is 8.88. The van der Waals surface area contributed by atoms with Gasteiger partial charge < -0.3 is 5.73 Å². The van der Waals surface area contributed by atoms with E-state index < -0.39 is 0 Å². The quantitative estimate of drug-likeness (QED) is 0.716. The molecule has 1 nitrogen and oxygen atoms in total. The molecule has 2 rings (SSSR count). The summed E-state index contributed by atoms with van der Waals surface area (Å²) in [6, 6.07) is 4.00. The molecule has 68 valence electrons. The minimum atomic E-state index is 0.823. The van der Waals surface area contributed by atoms with E-state index in [1.54, 1.807) is 11.3 Å². The van der Waals surface area contributed by atoms with Gasteiger partial charge in [0.25, 0.3) is 0 Å². The standard InChI is InChI=1S/C10H10ClNS/c1-2-6-3-4-8(12)10-9(6)7(11)5-13-10/h3-5H,2,12H2,1H3. The normalized spacial score (nSPS) is 10.9. The lowest BCUT2D eigenvalue weighted by Crippen LogP contribution is -1.87. The van der Waals surface area contributed by atoms with Gasteiger partial charge in [0.15, 0.2) is 0 Å². The average Bonchev–Trinajstić information content (AvgIpc) is 2.51. The Kier molecular flexibility index (Phi) is 2.18. The molecule has 13 heavy (non-hydrogen) atoms. The first kappa shape index (κ1) is 8.85. The summed E-state index contributed by atoms with van der Waals surface area (Å²) in [4.78, 5) is 0. The van der Waals surface area contributed by atoms with Crippen molar-refractivity contribution in [3.05, 3.63) is 28.1 Å². The molecule has 2 aromatic rings. The fourth-order valence-electron chi connectivity index (χ4n) is 1.49. The summed E-state index contributed by atoms with van der Waals surface area (Å²) in [5, 5.41) is 3.90. The van der Waals surface area contributed by atoms with Gasteiger partial charge in [0, 0.05) is 16.5 Å². The number of benzene rings is 1. The van der Waals surface area contributed by atoms with Gasteiger partial charge in [-0.05, 0) is 18.1 Å². The van der Waals surface area contributed by atoms with E-state index in [4.69, 9.17) is 17.3 Å². The van der Waals surface area contributed by atoms with Crippen LogP contribution in [0.25, 0.3) is 10.1 Å². The second-order valence-electron chi connectivity index (χ2n) is 2.96. The molecule has 0 atom stereocenters. The van der Waals surface area contributed by atoms with Gasteiger partial charge in [-0.25, -0.2) is 0 Å². The number of hydrogen-bond donors (Lipinski definition) is 1. The smallest absolute Gasteiger partial charge is 0.0595 e. The molecule has 0 saturated carbocycles. The van der Waals surface area contributed by atoms with Crippen LogP contribution in [0.5, 0.6) is 0 Å². The summed E-state index contributed by atoms with van der Waals surface area (Å²) >= 11 is 7.70. The highest BCUT2D eigenvalue weighted by Crippen LogP contribution is 2.36. The summed E-state index contributed by atoms with van der Waals surface area (Å²) in [6.07, 6.45) is 0.993. The molecule has 1 aromatic carbocycles. The lowest BCUT2D eigenvalue weighted by Gasteiger charge is -2.02. The van der Waals surface area contributed by atoms with Crippen LogP contribution in [0.1, 0.15) is 12.5 Å². The van der Waals surface area contributed by atoms with Crippen molar-refractivity contribution in [2.24, 2.45) is 0 Å². The van der Waals surface area contributed by atoms with Crippen molar-refractivity contribution < 1.29 is 0 Å². The van der Waals surface area contributed by atoms with E-state index in [0.29, 0.717) is 0 Å². The molecule has 1 heterocycles. The third-order valence-electron chi connectivity index (χ3n) is 2.17. The molecule has 0 bridgehead atoms. The van der Waals surface area contributed by atoms with Gasteiger partial charge >= 0.3 is 0 Å². The number of aryl methyl sites for hydroxylation is 1. The second kappa shape index (κ2) is 3.20. The van der Waals surface area contributed by atoms with Crippen LogP contribution in [0.3, 0.4) is 0 Å². The Hall–Kier alpha value is -0.730. The van der Waals surface area contributed by atoms with Crippen LogP contribution in [0, 0.1) is 0 Å². The predicted octanol–water partition coefficient (Wildman–Crippen LogP) is 3.70. The lowest BCUT2D eigenvalue weighted by molar-refractivity contribution is 1.16. The van der Waals surface area contributed by atoms with Gasteiger partial charge in [0.05, 0.1) is 9.72 Å². The summed E-state index contributed by atoms with van der Waals surface area (Å²) in [5.41, 5.74) is 7.94. The average molecular weight is 212 g/mol. The molecule has 0 aliphatic carbocycles. The van der Waals surface area contributed by atoms with Crippen molar-refractivity contribution in [2.75, 3.05) is 5.73 Å².